The molecule has 26 heavy (non-hydrogen) atoms. The van der Waals surface area contributed by atoms with Crippen LogP contribution in [-0.2, 0) is 0 Å². The summed E-state index contributed by atoms with van der Waals surface area (Å²) in [5.74, 6) is 0.908. The molecule has 1 amide bonds. The summed E-state index contributed by atoms with van der Waals surface area (Å²) in [4.78, 5) is 20.7. The van der Waals surface area contributed by atoms with Crippen molar-refractivity contribution in [3.05, 3.63) is 71.7 Å². The first-order valence-corrected chi connectivity index (χ1v) is 8.17. The first kappa shape index (κ1) is 17.4. The molecule has 1 heterocycles. The summed E-state index contributed by atoms with van der Waals surface area (Å²) in [5.41, 5.74) is 4.22. The molecule has 0 unspecified atom stereocenters. The average Bonchev–Trinajstić information content (AvgIpc) is 2.65. The molecule has 0 fully saturated rings. The molecule has 0 atom stereocenters. The van der Waals surface area contributed by atoms with Crippen molar-refractivity contribution in [1.29, 1.82) is 0 Å². The normalized spacial score (nSPS) is 10.3. The fourth-order valence-corrected chi connectivity index (χ4v) is 2.41. The van der Waals surface area contributed by atoms with E-state index in [1.165, 1.54) is 17.5 Å². The summed E-state index contributed by atoms with van der Waals surface area (Å²) in [7, 11) is 1.58. The van der Waals surface area contributed by atoms with E-state index in [2.05, 4.69) is 27.5 Å². The van der Waals surface area contributed by atoms with Crippen LogP contribution >= 0.6 is 0 Å². The number of anilines is 3. The number of methoxy groups -OCH3 is 1. The van der Waals surface area contributed by atoms with Gasteiger partial charge in [0.25, 0.3) is 5.91 Å². The molecule has 3 aromatic rings. The Hall–Kier alpha value is -3.41. The second kappa shape index (κ2) is 7.65. The Balaban J connectivity index is 1.75. The summed E-state index contributed by atoms with van der Waals surface area (Å²) in [6.45, 7) is 4.11. The number of rotatable bonds is 5. The fraction of sp³-hybridized carbons (Fsp3) is 0.150. The van der Waals surface area contributed by atoms with Gasteiger partial charge in [-0.3, -0.25) is 4.79 Å². The Kier molecular flexibility index (Phi) is 5.12. The van der Waals surface area contributed by atoms with Gasteiger partial charge in [0.2, 0.25) is 0 Å². The van der Waals surface area contributed by atoms with Crippen LogP contribution in [0.5, 0.6) is 5.75 Å². The number of hydrogen-bond donors (Lipinski definition) is 2. The zero-order valence-corrected chi connectivity index (χ0v) is 14.9. The van der Waals surface area contributed by atoms with E-state index in [9.17, 15) is 4.79 Å². The third-order valence-corrected chi connectivity index (χ3v) is 4.01. The number of nitrogens with one attached hydrogen (secondary N) is 2. The number of carbonyl (C=O) groups excluding carboxylic acids is 1. The highest BCUT2D eigenvalue weighted by molar-refractivity contribution is 6.03. The van der Waals surface area contributed by atoms with E-state index in [0.717, 1.165) is 5.69 Å². The van der Waals surface area contributed by atoms with Gasteiger partial charge in [0, 0.05) is 23.5 Å². The highest BCUT2D eigenvalue weighted by Gasteiger charge is 2.10. The lowest BCUT2D eigenvalue weighted by atomic mass is 10.1. The van der Waals surface area contributed by atoms with Gasteiger partial charge in [-0.2, -0.15) is 0 Å². The second-order valence-corrected chi connectivity index (χ2v) is 5.90. The quantitative estimate of drug-likeness (QED) is 0.726. The van der Waals surface area contributed by atoms with Crippen LogP contribution in [0, 0.1) is 13.8 Å². The first-order chi connectivity index (χ1) is 12.5. The molecule has 3 rings (SSSR count). The molecule has 0 aliphatic heterocycles. The number of hydrogen-bond acceptors (Lipinski definition) is 5. The molecule has 0 saturated carbocycles. The molecule has 0 aliphatic carbocycles. The standard InChI is InChI=1S/C20H20N4O2/c1-13-7-8-16(9-14(13)2)23-19-11-18(21-12-22-19)20(25)24-15-5-4-6-17(10-15)26-3/h4-12H,1-3H3,(H,24,25)(H,21,22,23). The summed E-state index contributed by atoms with van der Waals surface area (Å²) >= 11 is 0. The van der Waals surface area contributed by atoms with Gasteiger partial charge >= 0.3 is 0 Å². The van der Waals surface area contributed by atoms with Gasteiger partial charge in [-0.1, -0.05) is 12.1 Å². The van der Waals surface area contributed by atoms with E-state index in [1.807, 2.05) is 31.2 Å². The molecule has 0 aliphatic rings. The molecule has 6 heteroatoms. The Morgan fingerprint density at radius 1 is 0.962 bits per heavy atom. The molecule has 2 N–H and O–H groups in total. The third kappa shape index (κ3) is 4.16. The van der Waals surface area contributed by atoms with E-state index < -0.39 is 0 Å². The molecule has 0 bridgehead atoms. The van der Waals surface area contributed by atoms with E-state index in [1.54, 1.807) is 31.4 Å². The molecule has 132 valence electrons. The van der Waals surface area contributed by atoms with Crippen molar-refractivity contribution in [3.63, 3.8) is 0 Å². The van der Waals surface area contributed by atoms with Crippen LogP contribution in [0.2, 0.25) is 0 Å². The van der Waals surface area contributed by atoms with Gasteiger partial charge in [-0.25, -0.2) is 9.97 Å². The maximum Gasteiger partial charge on any atom is 0.274 e. The Morgan fingerprint density at radius 3 is 2.58 bits per heavy atom. The van der Waals surface area contributed by atoms with Crippen LogP contribution in [0.4, 0.5) is 17.2 Å². The highest BCUT2D eigenvalue weighted by atomic mass is 16.5. The maximum atomic E-state index is 12.4. The van der Waals surface area contributed by atoms with E-state index in [-0.39, 0.29) is 11.6 Å². The van der Waals surface area contributed by atoms with Crippen LogP contribution in [0.1, 0.15) is 21.6 Å². The number of ether oxygens (including phenoxy) is 1. The minimum atomic E-state index is -0.316. The predicted octanol–water partition coefficient (Wildman–Crippen LogP) is 4.10. The van der Waals surface area contributed by atoms with Gasteiger partial charge in [0.15, 0.2) is 0 Å². The lowest BCUT2D eigenvalue weighted by Gasteiger charge is -2.09. The Morgan fingerprint density at radius 2 is 1.81 bits per heavy atom. The van der Waals surface area contributed by atoms with Gasteiger partial charge in [0.1, 0.15) is 23.6 Å². The fourth-order valence-electron chi connectivity index (χ4n) is 2.41. The lowest BCUT2D eigenvalue weighted by Crippen LogP contribution is -2.14. The maximum absolute atomic E-state index is 12.4. The minimum Gasteiger partial charge on any atom is -0.497 e. The largest absolute Gasteiger partial charge is 0.497 e. The van der Waals surface area contributed by atoms with E-state index in [4.69, 9.17) is 4.74 Å². The molecule has 1 aromatic heterocycles. The first-order valence-electron chi connectivity index (χ1n) is 8.17. The van der Waals surface area contributed by atoms with Gasteiger partial charge < -0.3 is 15.4 Å². The highest BCUT2D eigenvalue weighted by Crippen LogP contribution is 2.20. The predicted molar refractivity (Wildman–Crippen MR) is 102 cm³/mol. The van der Waals surface area contributed by atoms with Crippen molar-refractivity contribution in [2.75, 3.05) is 17.7 Å². The van der Waals surface area contributed by atoms with Gasteiger partial charge in [-0.15, -0.1) is 0 Å². The summed E-state index contributed by atoms with van der Waals surface area (Å²) in [5, 5.41) is 6.00. The number of benzene rings is 2. The molecular weight excluding hydrogens is 328 g/mol. The average molecular weight is 348 g/mol. The number of nitrogens with zero attached hydrogens (tertiary/aromatic N) is 2. The molecule has 0 saturated heterocycles. The molecular formula is C20H20N4O2. The number of aryl methyl sites for hydroxylation is 2. The topological polar surface area (TPSA) is 76.1 Å². The van der Waals surface area contributed by atoms with E-state index in [0.29, 0.717) is 17.3 Å². The van der Waals surface area contributed by atoms with Crippen LogP contribution in [0.15, 0.2) is 54.9 Å². The minimum absolute atomic E-state index is 0.272. The van der Waals surface area contributed by atoms with Crippen LogP contribution in [0.25, 0.3) is 0 Å². The van der Waals surface area contributed by atoms with Crippen molar-refractivity contribution in [3.8, 4) is 5.75 Å². The molecule has 0 radical (unpaired) electrons. The SMILES string of the molecule is COc1cccc(NC(=O)c2cc(Nc3ccc(C)c(C)c3)ncn2)c1. The number of carbonyl (C=O) groups is 1. The van der Waals surface area contributed by atoms with Crippen molar-refractivity contribution in [2.24, 2.45) is 0 Å². The Labute approximate surface area is 152 Å². The Bertz CT molecular complexity index is 941. The third-order valence-electron chi connectivity index (χ3n) is 4.01. The van der Waals surface area contributed by atoms with E-state index >= 15 is 0 Å². The van der Waals surface area contributed by atoms with Crippen molar-refractivity contribution in [2.45, 2.75) is 13.8 Å². The van der Waals surface area contributed by atoms with Crippen molar-refractivity contribution < 1.29 is 9.53 Å². The van der Waals surface area contributed by atoms with Crippen molar-refractivity contribution in [1.82, 2.24) is 9.97 Å². The molecule has 2 aromatic carbocycles. The summed E-state index contributed by atoms with van der Waals surface area (Å²) in [6, 6.07) is 14.8. The monoisotopic (exact) mass is 348 g/mol. The zero-order valence-electron chi connectivity index (χ0n) is 14.9. The number of amides is 1. The van der Waals surface area contributed by atoms with Crippen LogP contribution in [-0.4, -0.2) is 23.0 Å². The second-order valence-electron chi connectivity index (χ2n) is 5.90. The van der Waals surface area contributed by atoms with Crippen molar-refractivity contribution >= 4 is 23.1 Å². The van der Waals surface area contributed by atoms with Crippen LogP contribution < -0.4 is 15.4 Å². The summed E-state index contributed by atoms with van der Waals surface area (Å²) in [6.07, 6.45) is 1.36. The van der Waals surface area contributed by atoms with Gasteiger partial charge in [-0.05, 0) is 49.2 Å². The molecule has 0 spiro atoms. The number of aromatic nitrogens is 2. The van der Waals surface area contributed by atoms with Crippen LogP contribution in [0.3, 0.4) is 0 Å². The summed E-state index contributed by atoms with van der Waals surface area (Å²) < 4.78 is 5.16. The van der Waals surface area contributed by atoms with Gasteiger partial charge in [0.05, 0.1) is 7.11 Å². The molecule has 6 nitrogen and oxygen atoms in total. The zero-order chi connectivity index (χ0) is 18.5. The lowest BCUT2D eigenvalue weighted by molar-refractivity contribution is 0.102. The smallest absolute Gasteiger partial charge is 0.274 e.